The number of carbonyl (C=O) groups excluding carboxylic acids is 2. The van der Waals surface area contributed by atoms with Gasteiger partial charge in [-0.3, -0.25) is 14.4 Å². The van der Waals surface area contributed by atoms with E-state index in [0.29, 0.717) is 5.02 Å². The number of halogens is 1. The van der Waals surface area contributed by atoms with Crippen LogP contribution in [0.15, 0.2) is 40.3 Å². The number of aromatic nitrogens is 1. The number of oxime groups is 1. The van der Waals surface area contributed by atoms with Gasteiger partial charge in [0.05, 0.1) is 11.3 Å². The van der Waals surface area contributed by atoms with Crippen molar-refractivity contribution in [3.8, 4) is 0 Å². The maximum atomic E-state index is 13.0. The van der Waals surface area contributed by atoms with E-state index in [0.717, 1.165) is 22.5 Å². The van der Waals surface area contributed by atoms with Gasteiger partial charge in [-0.05, 0) is 23.8 Å². The molecule has 0 atom stereocenters. The summed E-state index contributed by atoms with van der Waals surface area (Å²) in [5, 5.41) is 15.3. The number of nitrogens with two attached hydrogens (primary N) is 1. The molecule has 0 radical (unpaired) electrons. The number of sulfone groups is 1. The van der Waals surface area contributed by atoms with Crippen molar-refractivity contribution in [2.75, 3.05) is 25.1 Å². The zero-order valence-corrected chi connectivity index (χ0v) is 19.2. The van der Waals surface area contributed by atoms with E-state index in [1.807, 2.05) is 0 Å². The second-order valence-corrected chi connectivity index (χ2v) is 10.2. The van der Waals surface area contributed by atoms with Crippen LogP contribution in [0.5, 0.6) is 0 Å². The second-order valence-electron chi connectivity index (χ2n) is 7.49. The third-order valence-electron chi connectivity index (χ3n) is 5.10. The minimum atomic E-state index is -3.32. The van der Waals surface area contributed by atoms with E-state index >= 15 is 0 Å². The molecule has 1 aliphatic rings. The predicted octanol–water partition coefficient (Wildman–Crippen LogP) is 0.0266. The van der Waals surface area contributed by atoms with Gasteiger partial charge in [0.15, 0.2) is 5.84 Å². The fraction of sp³-hybridized carbons (Fsp3) is 0.300. The van der Waals surface area contributed by atoms with Crippen molar-refractivity contribution < 1.29 is 23.2 Å². The van der Waals surface area contributed by atoms with Crippen LogP contribution in [0, 0.1) is 0 Å². The standard InChI is InChI=1S/C20H22ClN5O6S/c1-33(31,32)9-8-25-6-7-26-16(20(25)29)14(17(22)24-30)10-15(19(26)28)18(27)23-11-12-2-4-13(21)5-3-12/h2-5,10,30H,6-9,11H2,1H3,(H2,22,24)(H,23,27). The van der Waals surface area contributed by atoms with Crippen LogP contribution in [0.1, 0.15) is 32.0 Å². The van der Waals surface area contributed by atoms with Crippen LogP contribution in [-0.4, -0.2) is 65.8 Å². The highest BCUT2D eigenvalue weighted by molar-refractivity contribution is 7.90. The molecular weight excluding hydrogens is 474 g/mol. The minimum Gasteiger partial charge on any atom is -0.409 e. The van der Waals surface area contributed by atoms with Gasteiger partial charge in [0.1, 0.15) is 21.1 Å². The maximum Gasteiger partial charge on any atom is 0.271 e. The minimum absolute atomic E-state index is 0.00762. The molecule has 1 aliphatic heterocycles. The Morgan fingerprint density at radius 3 is 2.48 bits per heavy atom. The van der Waals surface area contributed by atoms with E-state index in [-0.39, 0.29) is 48.8 Å². The Morgan fingerprint density at radius 1 is 1.21 bits per heavy atom. The molecule has 2 amide bonds. The Labute approximate surface area is 194 Å². The van der Waals surface area contributed by atoms with E-state index in [2.05, 4.69) is 10.5 Å². The number of benzene rings is 1. The van der Waals surface area contributed by atoms with E-state index in [4.69, 9.17) is 17.3 Å². The van der Waals surface area contributed by atoms with Crippen LogP contribution < -0.4 is 16.6 Å². The summed E-state index contributed by atoms with van der Waals surface area (Å²) < 4.78 is 24.1. The number of rotatable bonds is 7. The van der Waals surface area contributed by atoms with Gasteiger partial charge in [-0.2, -0.15) is 0 Å². The van der Waals surface area contributed by atoms with Gasteiger partial charge in [-0.25, -0.2) is 8.42 Å². The van der Waals surface area contributed by atoms with E-state index < -0.39 is 33.0 Å². The van der Waals surface area contributed by atoms with Crippen molar-refractivity contribution in [1.82, 2.24) is 14.8 Å². The highest BCUT2D eigenvalue weighted by Crippen LogP contribution is 2.17. The Hall–Kier alpha value is -3.38. The summed E-state index contributed by atoms with van der Waals surface area (Å²) in [6.45, 7) is 0.111. The average molecular weight is 496 g/mol. The molecule has 3 rings (SSSR count). The summed E-state index contributed by atoms with van der Waals surface area (Å²) in [5.41, 5.74) is 5.20. The molecule has 0 unspecified atom stereocenters. The molecule has 0 bridgehead atoms. The van der Waals surface area contributed by atoms with E-state index in [9.17, 15) is 28.0 Å². The largest absolute Gasteiger partial charge is 0.409 e. The predicted molar refractivity (Wildman–Crippen MR) is 121 cm³/mol. The number of hydrogen-bond acceptors (Lipinski definition) is 7. The van der Waals surface area contributed by atoms with Crippen LogP contribution in [0.4, 0.5) is 0 Å². The number of hydrogen-bond donors (Lipinski definition) is 3. The van der Waals surface area contributed by atoms with E-state index in [1.54, 1.807) is 24.3 Å². The molecule has 1 aromatic carbocycles. The van der Waals surface area contributed by atoms with Crippen molar-refractivity contribution >= 4 is 39.1 Å². The van der Waals surface area contributed by atoms with Crippen molar-refractivity contribution in [3.63, 3.8) is 0 Å². The number of pyridine rings is 1. The number of nitrogens with one attached hydrogen (secondary N) is 1. The van der Waals surface area contributed by atoms with Crippen LogP contribution in [0.2, 0.25) is 5.02 Å². The zero-order valence-electron chi connectivity index (χ0n) is 17.6. The zero-order chi connectivity index (χ0) is 24.3. The molecule has 176 valence electrons. The third-order valence-corrected chi connectivity index (χ3v) is 6.28. The van der Waals surface area contributed by atoms with Gasteiger partial charge in [0, 0.05) is 37.5 Å². The van der Waals surface area contributed by atoms with Crippen molar-refractivity contribution in [1.29, 1.82) is 0 Å². The summed E-state index contributed by atoms with van der Waals surface area (Å²) >= 11 is 5.85. The summed E-state index contributed by atoms with van der Waals surface area (Å²) in [7, 11) is -3.32. The topological polar surface area (TPSA) is 164 Å². The molecule has 0 saturated carbocycles. The third kappa shape index (κ3) is 5.52. The normalized spacial score (nSPS) is 14.2. The number of carbonyl (C=O) groups is 2. The van der Waals surface area contributed by atoms with Crippen LogP contribution in [-0.2, 0) is 22.9 Å². The van der Waals surface area contributed by atoms with Gasteiger partial charge in [0.25, 0.3) is 17.4 Å². The molecule has 4 N–H and O–H groups in total. The first-order valence-electron chi connectivity index (χ1n) is 9.77. The van der Waals surface area contributed by atoms with Gasteiger partial charge in [0.2, 0.25) is 0 Å². The smallest absolute Gasteiger partial charge is 0.271 e. The highest BCUT2D eigenvalue weighted by Gasteiger charge is 2.32. The SMILES string of the molecule is CS(=O)(=O)CCN1CCn2c(c(/C(N)=N/O)cc(C(=O)NCc3ccc(Cl)cc3)c2=O)C1=O. The van der Waals surface area contributed by atoms with Crippen LogP contribution >= 0.6 is 11.6 Å². The Balaban J connectivity index is 1.95. The first-order valence-corrected chi connectivity index (χ1v) is 12.2. The van der Waals surface area contributed by atoms with Crippen LogP contribution in [0.25, 0.3) is 0 Å². The first kappa shape index (κ1) is 24.3. The Bertz CT molecular complexity index is 1290. The molecule has 0 saturated heterocycles. The van der Waals surface area contributed by atoms with Crippen molar-refractivity contribution in [2.45, 2.75) is 13.1 Å². The summed E-state index contributed by atoms with van der Waals surface area (Å²) in [6.07, 6.45) is 1.05. The lowest BCUT2D eigenvalue weighted by Gasteiger charge is -2.31. The van der Waals surface area contributed by atoms with E-state index in [1.165, 1.54) is 4.90 Å². The van der Waals surface area contributed by atoms with Crippen molar-refractivity contribution in [3.05, 3.63) is 68.1 Å². The monoisotopic (exact) mass is 495 g/mol. The number of nitrogens with zero attached hydrogens (tertiary/aromatic N) is 3. The Kier molecular flexibility index (Phi) is 7.08. The van der Waals surface area contributed by atoms with Crippen LogP contribution in [0.3, 0.4) is 0 Å². The fourth-order valence-electron chi connectivity index (χ4n) is 3.36. The lowest BCUT2D eigenvalue weighted by Crippen LogP contribution is -2.48. The number of amides is 2. The summed E-state index contributed by atoms with van der Waals surface area (Å²) in [4.78, 5) is 40.1. The quantitative estimate of drug-likeness (QED) is 0.211. The highest BCUT2D eigenvalue weighted by atomic mass is 35.5. The average Bonchev–Trinajstić information content (AvgIpc) is 2.77. The lowest BCUT2D eigenvalue weighted by molar-refractivity contribution is 0.0709. The lowest BCUT2D eigenvalue weighted by atomic mass is 10.0. The molecule has 13 heteroatoms. The first-order chi connectivity index (χ1) is 15.5. The molecule has 11 nitrogen and oxygen atoms in total. The second kappa shape index (κ2) is 9.63. The molecule has 2 aromatic rings. The van der Waals surface area contributed by atoms with Gasteiger partial charge >= 0.3 is 0 Å². The molecule has 0 aliphatic carbocycles. The molecule has 2 heterocycles. The number of fused-ring (bicyclic) bond motifs is 1. The maximum absolute atomic E-state index is 13.0. The van der Waals surface area contributed by atoms with Gasteiger partial charge in [-0.1, -0.05) is 28.9 Å². The molecule has 0 fully saturated rings. The number of amidine groups is 1. The fourth-order valence-corrected chi connectivity index (χ4v) is 4.04. The Morgan fingerprint density at radius 2 is 1.88 bits per heavy atom. The molecular formula is C20H22ClN5O6S. The van der Waals surface area contributed by atoms with Gasteiger partial charge < -0.3 is 25.7 Å². The summed E-state index contributed by atoms with van der Waals surface area (Å²) in [6, 6.07) is 7.85. The molecule has 33 heavy (non-hydrogen) atoms. The van der Waals surface area contributed by atoms with Crippen molar-refractivity contribution in [2.24, 2.45) is 10.9 Å². The summed E-state index contributed by atoms with van der Waals surface area (Å²) in [5.74, 6) is -2.09. The molecule has 1 aromatic heterocycles. The molecule has 0 spiro atoms. The van der Waals surface area contributed by atoms with Gasteiger partial charge in [-0.15, -0.1) is 0 Å².